The summed E-state index contributed by atoms with van der Waals surface area (Å²) in [6.45, 7) is -0.385. The van der Waals surface area contributed by atoms with Crippen molar-refractivity contribution in [3.63, 3.8) is 0 Å². The minimum absolute atomic E-state index is 0.345. The van der Waals surface area contributed by atoms with Crippen LogP contribution in [-0.4, -0.2) is 26.6 Å². The van der Waals surface area contributed by atoms with Gasteiger partial charge >= 0.3 is 6.18 Å². The van der Waals surface area contributed by atoms with E-state index >= 15 is 0 Å². The van der Waals surface area contributed by atoms with Crippen molar-refractivity contribution in [2.75, 3.05) is 10.6 Å². The highest BCUT2D eigenvalue weighted by Gasteiger charge is 2.33. The lowest BCUT2D eigenvalue weighted by Gasteiger charge is -2.09. The Morgan fingerprint density at radius 3 is 2.32 bits per heavy atom. The third-order valence-electron chi connectivity index (χ3n) is 3.58. The zero-order valence-electron chi connectivity index (χ0n) is 14.3. The zero-order chi connectivity index (χ0) is 20.1. The van der Waals surface area contributed by atoms with Crippen molar-refractivity contribution in [1.29, 1.82) is 0 Å². The van der Waals surface area contributed by atoms with Gasteiger partial charge in [-0.25, -0.2) is 0 Å². The van der Waals surface area contributed by atoms with Gasteiger partial charge in [-0.1, -0.05) is 6.07 Å². The number of nitrogens with one attached hydrogen (secondary N) is 2. The Morgan fingerprint density at radius 1 is 1.00 bits per heavy atom. The Balaban J connectivity index is 1.61. The summed E-state index contributed by atoms with van der Waals surface area (Å²) in [6.07, 6.45) is -0.507. The number of halogens is 3. The number of carbonyl (C=O) groups is 2. The lowest BCUT2D eigenvalue weighted by molar-refractivity contribution is -0.141. The van der Waals surface area contributed by atoms with Crippen LogP contribution in [0, 0.1) is 0 Å². The highest BCUT2D eigenvalue weighted by molar-refractivity contribution is 6.04. The number of anilines is 2. The van der Waals surface area contributed by atoms with E-state index in [0.29, 0.717) is 16.9 Å². The van der Waals surface area contributed by atoms with Gasteiger partial charge in [0, 0.05) is 35.5 Å². The number of nitrogens with zero attached hydrogens (tertiary/aromatic N) is 3. The van der Waals surface area contributed by atoms with Gasteiger partial charge in [0.25, 0.3) is 5.91 Å². The second-order valence-corrected chi connectivity index (χ2v) is 5.72. The number of amides is 2. The number of carbonyl (C=O) groups excluding carboxylic acids is 2. The summed E-state index contributed by atoms with van der Waals surface area (Å²) in [5.74, 6) is -0.906. The van der Waals surface area contributed by atoms with E-state index in [2.05, 4.69) is 20.7 Å². The molecule has 0 spiro atoms. The summed E-state index contributed by atoms with van der Waals surface area (Å²) in [6, 6.07) is 10.3. The molecule has 0 saturated carbocycles. The van der Waals surface area contributed by atoms with Gasteiger partial charge in [-0.3, -0.25) is 19.3 Å². The molecule has 0 aliphatic carbocycles. The largest absolute Gasteiger partial charge is 0.435 e. The first-order chi connectivity index (χ1) is 13.3. The predicted octanol–water partition coefficient (Wildman–Crippen LogP) is 3.19. The fourth-order valence-corrected chi connectivity index (χ4v) is 2.33. The molecule has 3 rings (SSSR count). The Bertz CT molecular complexity index is 986. The Hall–Kier alpha value is -3.69. The van der Waals surface area contributed by atoms with Crippen molar-refractivity contribution >= 4 is 23.2 Å². The molecule has 2 aromatic heterocycles. The van der Waals surface area contributed by atoms with Crippen molar-refractivity contribution in [1.82, 2.24) is 14.8 Å². The first kappa shape index (κ1) is 19.1. The SMILES string of the molecule is O=C(Cn1ccc(C(F)(F)F)n1)Nc1cccc(NC(=O)c2ccncc2)c1. The molecular weight excluding hydrogens is 375 g/mol. The van der Waals surface area contributed by atoms with Crippen molar-refractivity contribution in [2.45, 2.75) is 12.7 Å². The summed E-state index contributed by atoms with van der Waals surface area (Å²) in [7, 11) is 0. The van der Waals surface area contributed by atoms with Crippen LogP contribution in [0.25, 0.3) is 0 Å². The smallest absolute Gasteiger partial charge is 0.324 e. The van der Waals surface area contributed by atoms with E-state index in [0.717, 1.165) is 16.9 Å². The maximum atomic E-state index is 12.5. The first-order valence-electron chi connectivity index (χ1n) is 8.03. The topological polar surface area (TPSA) is 88.9 Å². The monoisotopic (exact) mass is 389 g/mol. The van der Waals surface area contributed by atoms with E-state index in [4.69, 9.17) is 0 Å². The van der Waals surface area contributed by atoms with Gasteiger partial charge in [0.2, 0.25) is 5.91 Å². The molecule has 0 aliphatic heterocycles. The molecule has 0 fully saturated rings. The number of pyridine rings is 1. The van der Waals surface area contributed by atoms with Gasteiger partial charge in [0.05, 0.1) is 0 Å². The average Bonchev–Trinajstić information content (AvgIpc) is 3.11. The summed E-state index contributed by atoms with van der Waals surface area (Å²) in [5.41, 5.74) is 0.170. The van der Waals surface area contributed by atoms with Crippen LogP contribution in [0.5, 0.6) is 0 Å². The van der Waals surface area contributed by atoms with Gasteiger partial charge in [-0.2, -0.15) is 18.3 Å². The van der Waals surface area contributed by atoms with Gasteiger partial charge in [-0.15, -0.1) is 0 Å². The fraction of sp³-hybridized carbons (Fsp3) is 0.111. The van der Waals surface area contributed by atoms with E-state index in [9.17, 15) is 22.8 Å². The Morgan fingerprint density at radius 2 is 1.68 bits per heavy atom. The van der Waals surface area contributed by atoms with Gasteiger partial charge in [0.15, 0.2) is 5.69 Å². The van der Waals surface area contributed by atoms with Crippen molar-refractivity contribution in [3.05, 3.63) is 72.3 Å². The Kier molecular flexibility index (Phi) is 5.39. The molecule has 10 heteroatoms. The van der Waals surface area contributed by atoms with Crippen LogP contribution in [0.4, 0.5) is 24.5 Å². The van der Waals surface area contributed by atoms with E-state index in [1.165, 1.54) is 18.5 Å². The second kappa shape index (κ2) is 7.91. The molecule has 0 bridgehead atoms. The highest BCUT2D eigenvalue weighted by atomic mass is 19.4. The van der Waals surface area contributed by atoms with Crippen LogP contribution in [0.1, 0.15) is 16.1 Å². The number of alkyl halides is 3. The average molecular weight is 389 g/mol. The maximum absolute atomic E-state index is 12.5. The van der Waals surface area contributed by atoms with Crippen LogP contribution < -0.4 is 10.6 Å². The van der Waals surface area contributed by atoms with E-state index in [-0.39, 0.29) is 12.5 Å². The number of benzene rings is 1. The molecule has 0 saturated heterocycles. The predicted molar refractivity (Wildman–Crippen MR) is 94.5 cm³/mol. The molecule has 0 aliphatic rings. The Labute approximate surface area is 157 Å². The third-order valence-corrected chi connectivity index (χ3v) is 3.58. The van der Waals surface area contributed by atoms with E-state index in [1.807, 2.05) is 0 Å². The minimum atomic E-state index is -4.57. The summed E-state index contributed by atoms with van der Waals surface area (Å²) in [5, 5.41) is 8.55. The number of aromatic nitrogens is 3. The molecule has 7 nitrogen and oxygen atoms in total. The molecule has 144 valence electrons. The van der Waals surface area contributed by atoms with Crippen molar-refractivity contribution < 1.29 is 22.8 Å². The molecule has 0 unspecified atom stereocenters. The maximum Gasteiger partial charge on any atom is 0.435 e. The van der Waals surface area contributed by atoms with E-state index in [1.54, 1.807) is 30.3 Å². The van der Waals surface area contributed by atoms with E-state index < -0.39 is 17.8 Å². The lowest BCUT2D eigenvalue weighted by Crippen LogP contribution is -2.20. The molecule has 3 aromatic rings. The number of rotatable bonds is 5. The third kappa shape index (κ3) is 4.93. The standard InChI is InChI=1S/C18H14F3N5O2/c19-18(20,21)15-6-9-26(25-15)11-16(27)23-13-2-1-3-14(10-13)24-17(28)12-4-7-22-8-5-12/h1-10H,11H2,(H,23,27)(H,24,28). The second-order valence-electron chi connectivity index (χ2n) is 5.72. The zero-order valence-corrected chi connectivity index (χ0v) is 14.3. The van der Waals surface area contributed by atoms with Gasteiger partial charge in [0.1, 0.15) is 6.54 Å². The number of hydrogen-bond acceptors (Lipinski definition) is 4. The van der Waals surface area contributed by atoms with Gasteiger partial charge in [-0.05, 0) is 36.4 Å². The van der Waals surface area contributed by atoms with Crippen molar-refractivity contribution in [3.8, 4) is 0 Å². The van der Waals surface area contributed by atoms with Crippen LogP contribution in [0.2, 0.25) is 0 Å². The summed E-state index contributed by atoms with van der Waals surface area (Å²) >= 11 is 0. The molecule has 2 N–H and O–H groups in total. The molecule has 0 atom stereocenters. The first-order valence-corrected chi connectivity index (χ1v) is 8.03. The van der Waals surface area contributed by atoms with Crippen LogP contribution >= 0.6 is 0 Å². The molecule has 1 aromatic carbocycles. The fourth-order valence-electron chi connectivity index (χ4n) is 2.33. The summed E-state index contributed by atoms with van der Waals surface area (Å²) < 4.78 is 38.5. The lowest BCUT2D eigenvalue weighted by atomic mass is 10.2. The quantitative estimate of drug-likeness (QED) is 0.702. The van der Waals surface area contributed by atoms with Gasteiger partial charge < -0.3 is 10.6 Å². The highest BCUT2D eigenvalue weighted by Crippen LogP contribution is 2.27. The molecular formula is C18H14F3N5O2. The summed E-state index contributed by atoms with van der Waals surface area (Å²) in [4.78, 5) is 28.0. The van der Waals surface area contributed by atoms with Crippen LogP contribution in [-0.2, 0) is 17.5 Å². The molecule has 0 radical (unpaired) electrons. The minimum Gasteiger partial charge on any atom is -0.324 e. The van der Waals surface area contributed by atoms with Crippen LogP contribution in [0.15, 0.2) is 61.1 Å². The molecule has 2 heterocycles. The normalized spacial score (nSPS) is 11.1. The molecule has 2 amide bonds. The van der Waals surface area contributed by atoms with Crippen LogP contribution in [0.3, 0.4) is 0 Å². The molecule has 28 heavy (non-hydrogen) atoms. The van der Waals surface area contributed by atoms with Crippen molar-refractivity contribution in [2.24, 2.45) is 0 Å². The number of hydrogen-bond donors (Lipinski definition) is 2.